The highest BCUT2D eigenvalue weighted by Crippen LogP contribution is 2.21. The topological polar surface area (TPSA) is 91.3 Å². The lowest BCUT2D eigenvalue weighted by Gasteiger charge is -2.28. The minimum Gasteiger partial charge on any atom is -0.478 e. The molecule has 1 aromatic rings. The standard InChI is InChI=1S/C21H32O7Si/c1-4-25-29(26-5-2,27-6-3)17-9-7-8-10-21(24)28-19-14-11-18(12-15-19)13-16-20(22)23/h11-16H,4-10,17H2,1-3H3,(H,22,23)/b16-13+. The molecule has 162 valence electrons. The van der Waals surface area contributed by atoms with Crippen LogP contribution in [0.4, 0.5) is 0 Å². The molecule has 0 fully saturated rings. The molecule has 0 aliphatic rings. The van der Waals surface area contributed by atoms with Gasteiger partial charge in [0, 0.05) is 38.4 Å². The SMILES string of the molecule is CCO[Si](CCCCCC(=O)Oc1ccc(/C=C/C(=O)O)cc1)(OCC)OCC. The zero-order valence-electron chi connectivity index (χ0n) is 17.5. The van der Waals surface area contributed by atoms with E-state index in [0.717, 1.165) is 30.5 Å². The summed E-state index contributed by atoms with van der Waals surface area (Å²) in [6.07, 6.45) is 5.30. The third kappa shape index (κ3) is 10.4. The summed E-state index contributed by atoms with van der Waals surface area (Å²) in [6.45, 7) is 7.48. The molecule has 29 heavy (non-hydrogen) atoms. The Hall–Kier alpha value is -2.00. The molecule has 0 amide bonds. The third-order valence-corrected chi connectivity index (χ3v) is 7.14. The fraction of sp³-hybridized carbons (Fsp3) is 0.524. The van der Waals surface area contributed by atoms with Crippen molar-refractivity contribution in [1.82, 2.24) is 0 Å². The lowest BCUT2D eigenvalue weighted by Crippen LogP contribution is -2.45. The van der Waals surface area contributed by atoms with Gasteiger partial charge in [0.1, 0.15) is 5.75 Å². The predicted octanol–water partition coefficient (Wildman–Crippen LogP) is 4.30. The van der Waals surface area contributed by atoms with Crippen molar-refractivity contribution in [1.29, 1.82) is 0 Å². The second kappa shape index (κ2) is 14.1. The van der Waals surface area contributed by atoms with Gasteiger partial charge in [0.2, 0.25) is 0 Å². The summed E-state index contributed by atoms with van der Waals surface area (Å²) in [5, 5.41) is 8.62. The molecule has 0 spiro atoms. The molecule has 0 unspecified atom stereocenters. The first-order chi connectivity index (χ1) is 13.9. The van der Waals surface area contributed by atoms with Crippen LogP contribution in [-0.2, 0) is 22.9 Å². The lowest BCUT2D eigenvalue weighted by atomic mass is 10.2. The number of benzene rings is 1. The Balaban J connectivity index is 2.36. The second-order valence-electron chi connectivity index (χ2n) is 6.26. The van der Waals surface area contributed by atoms with Crippen molar-refractivity contribution in [3.05, 3.63) is 35.9 Å². The number of carbonyl (C=O) groups is 2. The second-order valence-corrected chi connectivity index (χ2v) is 8.99. The van der Waals surface area contributed by atoms with Crippen LogP contribution in [0, 0.1) is 0 Å². The number of hydrogen-bond acceptors (Lipinski definition) is 6. The lowest BCUT2D eigenvalue weighted by molar-refractivity contribution is -0.134. The smallest absolute Gasteiger partial charge is 0.478 e. The molecule has 0 bridgehead atoms. The van der Waals surface area contributed by atoms with E-state index >= 15 is 0 Å². The van der Waals surface area contributed by atoms with Crippen molar-refractivity contribution in [2.24, 2.45) is 0 Å². The molecule has 0 aliphatic carbocycles. The molecule has 0 radical (unpaired) electrons. The molecule has 0 heterocycles. The van der Waals surface area contributed by atoms with Crippen LogP contribution in [-0.4, -0.2) is 45.7 Å². The van der Waals surface area contributed by atoms with Crippen molar-refractivity contribution < 1.29 is 32.7 Å². The zero-order chi connectivity index (χ0) is 21.5. The van der Waals surface area contributed by atoms with E-state index in [4.69, 9.17) is 23.1 Å². The van der Waals surface area contributed by atoms with Gasteiger partial charge in [-0.1, -0.05) is 18.6 Å². The summed E-state index contributed by atoms with van der Waals surface area (Å²) in [6, 6.07) is 7.42. The highest BCUT2D eigenvalue weighted by molar-refractivity contribution is 6.60. The molecule has 0 saturated carbocycles. The molecule has 0 aromatic heterocycles. The minimum absolute atomic E-state index is 0.290. The van der Waals surface area contributed by atoms with Gasteiger partial charge in [-0.3, -0.25) is 4.79 Å². The summed E-state index contributed by atoms with van der Waals surface area (Å²) in [5.41, 5.74) is 0.720. The highest BCUT2D eigenvalue weighted by Gasteiger charge is 2.39. The Labute approximate surface area is 174 Å². The van der Waals surface area contributed by atoms with E-state index in [-0.39, 0.29) is 5.97 Å². The number of unbranched alkanes of at least 4 members (excludes halogenated alkanes) is 2. The zero-order valence-corrected chi connectivity index (χ0v) is 18.5. The first kappa shape index (κ1) is 25.0. The largest absolute Gasteiger partial charge is 0.500 e. The Morgan fingerprint density at radius 3 is 2.03 bits per heavy atom. The van der Waals surface area contributed by atoms with Crippen LogP contribution in [0.3, 0.4) is 0 Å². The first-order valence-electron chi connectivity index (χ1n) is 10.1. The van der Waals surface area contributed by atoms with Crippen molar-refractivity contribution in [2.75, 3.05) is 19.8 Å². The number of aliphatic carboxylic acids is 1. The van der Waals surface area contributed by atoms with Crippen LogP contribution >= 0.6 is 0 Å². The van der Waals surface area contributed by atoms with Crippen LogP contribution < -0.4 is 4.74 Å². The van der Waals surface area contributed by atoms with Crippen molar-refractivity contribution in [3.63, 3.8) is 0 Å². The number of hydrogen-bond donors (Lipinski definition) is 1. The first-order valence-corrected chi connectivity index (χ1v) is 12.0. The van der Waals surface area contributed by atoms with Crippen molar-refractivity contribution in [2.45, 2.75) is 52.5 Å². The molecule has 0 saturated heterocycles. The van der Waals surface area contributed by atoms with E-state index in [0.29, 0.717) is 38.4 Å². The Morgan fingerprint density at radius 1 is 0.931 bits per heavy atom. The molecule has 1 rings (SSSR count). The average Bonchev–Trinajstić information content (AvgIpc) is 2.68. The van der Waals surface area contributed by atoms with Gasteiger partial charge in [-0.05, 0) is 57.4 Å². The van der Waals surface area contributed by atoms with E-state index in [1.54, 1.807) is 24.3 Å². The molecular weight excluding hydrogens is 392 g/mol. The quantitative estimate of drug-likeness (QED) is 0.148. The van der Waals surface area contributed by atoms with Crippen molar-refractivity contribution in [3.8, 4) is 5.75 Å². The van der Waals surface area contributed by atoms with E-state index in [9.17, 15) is 9.59 Å². The van der Waals surface area contributed by atoms with E-state index in [1.807, 2.05) is 20.8 Å². The van der Waals surface area contributed by atoms with Crippen LogP contribution in [0.15, 0.2) is 30.3 Å². The fourth-order valence-corrected chi connectivity index (χ4v) is 5.47. The van der Waals surface area contributed by atoms with Crippen LogP contribution in [0.1, 0.15) is 52.0 Å². The minimum atomic E-state index is -2.61. The van der Waals surface area contributed by atoms with Gasteiger partial charge in [0.05, 0.1) is 0 Å². The van der Waals surface area contributed by atoms with Gasteiger partial charge in [0.25, 0.3) is 0 Å². The summed E-state index contributed by atoms with van der Waals surface area (Å²) < 4.78 is 22.8. The van der Waals surface area contributed by atoms with E-state index in [2.05, 4.69) is 0 Å². The Morgan fingerprint density at radius 2 is 1.52 bits per heavy atom. The number of ether oxygens (including phenoxy) is 1. The van der Waals surface area contributed by atoms with Crippen LogP contribution in [0.5, 0.6) is 5.75 Å². The van der Waals surface area contributed by atoms with Gasteiger partial charge in [-0.15, -0.1) is 0 Å². The third-order valence-electron chi connectivity index (χ3n) is 3.99. The molecule has 7 nitrogen and oxygen atoms in total. The molecular formula is C21H32O7Si. The van der Waals surface area contributed by atoms with Gasteiger partial charge in [-0.2, -0.15) is 0 Å². The fourth-order valence-electron chi connectivity index (χ4n) is 2.79. The van der Waals surface area contributed by atoms with Crippen molar-refractivity contribution >= 4 is 26.8 Å². The molecule has 8 heteroatoms. The monoisotopic (exact) mass is 424 g/mol. The Bertz CT molecular complexity index is 626. The Kier molecular flexibility index (Phi) is 12.1. The molecule has 0 aliphatic heterocycles. The summed E-state index contributed by atoms with van der Waals surface area (Å²) in [7, 11) is -2.61. The number of carboxylic acid groups (broad SMARTS) is 1. The average molecular weight is 425 g/mol. The summed E-state index contributed by atoms with van der Waals surface area (Å²) >= 11 is 0. The number of rotatable bonds is 15. The van der Waals surface area contributed by atoms with Crippen LogP contribution in [0.25, 0.3) is 6.08 Å². The maximum absolute atomic E-state index is 12.0. The van der Waals surface area contributed by atoms with E-state index < -0.39 is 14.8 Å². The molecule has 1 N–H and O–H groups in total. The normalized spacial score (nSPS) is 11.7. The van der Waals surface area contributed by atoms with E-state index in [1.165, 1.54) is 6.08 Å². The molecule has 0 atom stereocenters. The summed E-state index contributed by atoms with van der Waals surface area (Å²) in [5.74, 6) is -0.858. The number of esters is 1. The van der Waals surface area contributed by atoms with Gasteiger partial charge in [-0.25, -0.2) is 4.79 Å². The maximum Gasteiger partial charge on any atom is 0.500 e. The molecule has 1 aromatic carbocycles. The van der Waals surface area contributed by atoms with Crippen LogP contribution in [0.2, 0.25) is 6.04 Å². The number of carbonyl (C=O) groups excluding carboxylic acids is 1. The highest BCUT2D eigenvalue weighted by atomic mass is 28.4. The number of carboxylic acids is 1. The van der Waals surface area contributed by atoms with Gasteiger partial charge >= 0.3 is 20.7 Å². The van der Waals surface area contributed by atoms with Gasteiger partial charge in [0.15, 0.2) is 0 Å². The predicted molar refractivity (Wildman–Crippen MR) is 113 cm³/mol. The van der Waals surface area contributed by atoms with Gasteiger partial charge < -0.3 is 23.1 Å². The summed E-state index contributed by atoms with van der Waals surface area (Å²) in [4.78, 5) is 22.5. The maximum atomic E-state index is 12.0.